The van der Waals surface area contributed by atoms with Crippen molar-refractivity contribution in [1.29, 1.82) is 0 Å². The van der Waals surface area contributed by atoms with E-state index in [1.807, 2.05) is 0 Å². The maximum atomic E-state index is 13.0. The average Bonchev–Trinajstić information content (AvgIpc) is 2.84. The highest BCUT2D eigenvalue weighted by molar-refractivity contribution is 7.89. The van der Waals surface area contributed by atoms with Crippen molar-refractivity contribution in [3.05, 3.63) is 54.1 Å². The molecule has 34 heavy (non-hydrogen) atoms. The van der Waals surface area contributed by atoms with Crippen molar-refractivity contribution in [2.45, 2.75) is 24.8 Å². The summed E-state index contributed by atoms with van der Waals surface area (Å²) in [5.41, 5.74) is 0.513. The van der Waals surface area contributed by atoms with Gasteiger partial charge in [-0.3, -0.25) is 9.59 Å². The van der Waals surface area contributed by atoms with Crippen molar-refractivity contribution >= 4 is 33.5 Å². The number of anilines is 1. The van der Waals surface area contributed by atoms with Crippen LogP contribution in [-0.4, -0.2) is 74.8 Å². The number of ether oxygens (including phenoxy) is 2. The summed E-state index contributed by atoms with van der Waals surface area (Å²) in [4.78, 5) is 38.0. The van der Waals surface area contributed by atoms with Gasteiger partial charge < -0.3 is 19.7 Å². The van der Waals surface area contributed by atoms with Crippen molar-refractivity contribution in [2.75, 3.05) is 38.6 Å². The fourth-order valence-electron chi connectivity index (χ4n) is 3.38. The van der Waals surface area contributed by atoms with Crippen molar-refractivity contribution < 1.29 is 32.3 Å². The van der Waals surface area contributed by atoms with Gasteiger partial charge in [0.15, 0.2) is 6.10 Å². The molecule has 3 rings (SSSR count). The van der Waals surface area contributed by atoms with E-state index in [1.165, 1.54) is 49.5 Å². The van der Waals surface area contributed by atoms with E-state index in [9.17, 15) is 22.8 Å². The lowest BCUT2D eigenvalue weighted by Crippen LogP contribution is -2.49. The Kier molecular flexibility index (Phi) is 7.90. The van der Waals surface area contributed by atoms with Gasteiger partial charge in [0.2, 0.25) is 15.9 Å². The molecule has 1 N–H and O–H groups in total. The summed E-state index contributed by atoms with van der Waals surface area (Å²) in [5, 5.41) is 2.64. The molecule has 1 fully saturated rings. The Morgan fingerprint density at radius 1 is 1.00 bits per heavy atom. The number of hydrogen-bond donors (Lipinski definition) is 1. The molecular formula is C23H27N3O7S. The number of sulfonamides is 1. The lowest BCUT2D eigenvalue weighted by molar-refractivity contribution is -0.130. The molecule has 0 radical (unpaired) electrons. The SMILES string of the molecule is COc1ccc(NC(=O)C(C)OC(=O)c2cccc(S(=O)(=O)N3CCN(C(C)=O)CC3)c2)cc1. The number of rotatable bonds is 7. The minimum atomic E-state index is -3.86. The molecule has 0 spiro atoms. The predicted molar refractivity (Wildman–Crippen MR) is 124 cm³/mol. The molecule has 10 nitrogen and oxygen atoms in total. The molecular weight excluding hydrogens is 462 g/mol. The van der Waals surface area contributed by atoms with Crippen LogP contribution in [0.5, 0.6) is 5.75 Å². The number of amides is 2. The number of piperazine rings is 1. The first-order valence-electron chi connectivity index (χ1n) is 10.6. The first kappa shape index (κ1) is 25.2. The summed E-state index contributed by atoms with van der Waals surface area (Å²) >= 11 is 0. The van der Waals surface area contributed by atoms with Gasteiger partial charge in [0, 0.05) is 38.8 Å². The summed E-state index contributed by atoms with van der Waals surface area (Å²) in [6, 6.07) is 12.1. The Morgan fingerprint density at radius 2 is 1.65 bits per heavy atom. The van der Waals surface area contributed by atoms with Crippen LogP contribution in [0.1, 0.15) is 24.2 Å². The van der Waals surface area contributed by atoms with Gasteiger partial charge in [-0.2, -0.15) is 4.31 Å². The third kappa shape index (κ3) is 5.91. The van der Waals surface area contributed by atoms with Gasteiger partial charge in [0.25, 0.3) is 5.91 Å². The number of hydrogen-bond acceptors (Lipinski definition) is 7. The van der Waals surface area contributed by atoms with Crippen LogP contribution in [-0.2, 0) is 24.3 Å². The van der Waals surface area contributed by atoms with Crippen LogP contribution in [0.25, 0.3) is 0 Å². The van der Waals surface area contributed by atoms with E-state index in [4.69, 9.17) is 9.47 Å². The second-order valence-electron chi connectivity index (χ2n) is 7.70. The van der Waals surface area contributed by atoms with E-state index < -0.39 is 28.0 Å². The van der Waals surface area contributed by atoms with Crippen LogP contribution >= 0.6 is 0 Å². The van der Waals surface area contributed by atoms with E-state index in [0.717, 1.165) is 0 Å². The summed E-state index contributed by atoms with van der Waals surface area (Å²) in [5.74, 6) is -0.832. The van der Waals surface area contributed by atoms with Crippen molar-refractivity contribution in [2.24, 2.45) is 0 Å². The van der Waals surface area contributed by atoms with Gasteiger partial charge in [0.1, 0.15) is 5.75 Å². The summed E-state index contributed by atoms with van der Waals surface area (Å²) < 4.78 is 37.6. The second kappa shape index (κ2) is 10.7. The average molecular weight is 490 g/mol. The molecule has 1 heterocycles. The Bertz CT molecular complexity index is 1160. The molecule has 2 amide bonds. The standard InChI is InChI=1S/C23H27N3O7S/c1-16(22(28)24-19-7-9-20(32-3)10-8-19)33-23(29)18-5-4-6-21(15-18)34(30,31)26-13-11-25(12-14-26)17(2)27/h4-10,15-16H,11-14H2,1-3H3,(H,24,28). The third-order valence-electron chi connectivity index (χ3n) is 5.40. The van der Waals surface area contributed by atoms with Crippen molar-refractivity contribution in [1.82, 2.24) is 9.21 Å². The topological polar surface area (TPSA) is 122 Å². The minimum absolute atomic E-state index is 0.00699. The molecule has 182 valence electrons. The molecule has 1 atom stereocenters. The van der Waals surface area contributed by atoms with Crippen LogP contribution in [0.3, 0.4) is 0 Å². The molecule has 0 bridgehead atoms. The molecule has 2 aromatic carbocycles. The molecule has 0 saturated carbocycles. The van der Waals surface area contributed by atoms with Gasteiger partial charge in [-0.05, 0) is 49.4 Å². The van der Waals surface area contributed by atoms with Crippen molar-refractivity contribution in [3.63, 3.8) is 0 Å². The maximum Gasteiger partial charge on any atom is 0.338 e. The molecule has 0 aliphatic carbocycles. The van der Waals surface area contributed by atoms with Crippen LogP contribution in [0.15, 0.2) is 53.4 Å². The Labute approximate surface area is 198 Å². The van der Waals surface area contributed by atoms with E-state index in [0.29, 0.717) is 24.5 Å². The van der Waals surface area contributed by atoms with Gasteiger partial charge >= 0.3 is 5.97 Å². The first-order chi connectivity index (χ1) is 16.1. The van der Waals surface area contributed by atoms with Crippen LogP contribution in [0.4, 0.5) is 5.69 Å². The number of carbonyl (C=O) groups excluding carboxylic acids is 3. The minimum Gasteiger partial charge on any atom is -0.497 e. The number of carbonyl (C=O) groups is 3. The Morgan fingerprint density at radius 3 is 2.24 bits per heavy atom. The van der Waals surface area contributed by atoms with Crippen molar-refractivity contribution in [3.8, 4) is 5.75 Å². The van der Waals surface area contributed by atoms with E-state index in [1.54, 1.807) is 29.2 Å². The number of benzene rings is 2. The molecule has 2 aromatic rings. The van der Waals surface area contributed by atoms with E-state index in [-0.39, 0.29) is 29.5 Å². The normalized spacial score (nSPS) is 15.3. The van der Waals surface area contributed by atoms with E-state index >= 15 is 0 Å². The van der Waals surface area contributed by atoms with Crippen LogP contribution < -0.4 is 10.1 Å². The lowest BCUT2D eigenvalue weighted by atomic mass is 10.2. The van der Waals surface area contributed by atoms with E-state index in [2.05, 4.69) is 5.32 Å². The molecule has 0 aromatic heterocycles. The van der Waals surface area contributed by atoms with Gasteiger partial charge in [0.05, 0.1) is 17.6 Å². The molecule has 1 saturated heterocycles. The largest absolute Gasteiger partial charge is 0.497 e. The summed E-state index contributed by atoms with van der Waals surface area (Å²) in [7, 11) is -2.33. The fourth-order valence-corrected chi connectivity index (χ4v) is 4.84. The number of nitrogens with zero attached hydrogens (tertiary/aromatic N) is 2. The highest BCUT2D eigenvalue weighted by atomic mass is 32.2. The quantitative estimate of drug-likeness (QED) is 0.588. The highest BCUT2D eigenvalue weighted by Crippen LogP contribution is 2.20. The lowest BCUT2D eigenvalue weighted by Gasteiger charge is -2.33. The molecule has 1 unspecified atom stereocenters. The fraction of sp³-hybridized carbons (Fsp3) is 0.348. The maximum absolute atomic E-state index is 13.0. The third-order valence-corrected chi connectivity index (χ3v) is 7.30. The number of methoxy groups -OCH3 is 1. The van der Waals surface area contributed by atoms with Crippen LogP contribution in [0.2, 0.25) is 0 Å². The predicted octanol–water partition coefficient (Wildman–Crippen LogP) is 1.73. The molecule has 1 aliphatic rings. The number of esters is 1. The number of nitrogens with one attached hydrogen (secondary N) is 1. The molecule has 11 heteroatoms. The summed E-state index contributed by atoms with van der Waals surface area (Å²) in [6.07, 6.45) is -1.12. The van der Waals surface area contributed by atoms with Gasteiger partial charge in [-0.25, -0.2) is 13.2 Å². The smallest absolute Gasteiger partial charge is 0.338 e. The second-order valence-corrected chi connectivity index (χ2v) is 9.64. The Balaban J connectivity index is 1.64. The zero-order valence-corrected chi connectivity index (χ0v) is 20.0. The van der Waals surface area contributed by atoms with Crippen LogP contribution in [0, 0.1) is 0 Å². The monoisotopic (exact) mass is 489 g/mol. The highest BCUT2D eigenvalue weighted by Gasteiger charge is 2.30. The van der Waals surface area contributed by atoms with Gasteiger partial charge in [-0.1, -0.05) is 6.07 Å². The zero-order chi connectivity index (χ0) is 24.9. The van der Waals surface area contributed by atoms with Gasteiger partial charge in [-0.15, -0.1) is 0 Å². The molecule has 1 aliphatic heterocycles. The Hall–Kier alpha value is -3.44. The first-order valence-corrected chi connectivity index (χ1v) is 12.1. The zero-order valence-electron chi connectivity index (χ0n) is 19.2. The summed E-state index contributed by atoms with van der Waals surface area (Å²) in [6.45, 7) is 3.80.